The van der Waals surface area contributed by atoms with Gasteiger partial charge in [0, 0.05) is 43.8 Å². The number of hydrogen-bond donors (Lipinski definition) is 1. The van der Waals surface area contributed by atoms with Crippen molar-refractivity contribution in [3.63, 3.8) is 0 Å². The molecule has 2 aliphatic rings. The predicted molar refractivity (Wildman–Crippen MR) is 155 cm³/mol. The van der Waals surface area contributed by atoms with Crippen LogP contribution in [-0.2, 0) is 0 Å². The van der Waals surface area contributed by atoms with Gasteiger partial charge >= 0.3 is 0 Å². The van der Waals surface area contributed by atoms with Crippen molar-refractivity contribution in [2.75, 3.05) is 33.3 Å². The van der Waals surface area contributed by atoms with Crippen molar-refractivity contribution in [2.45, 2.75) is 43.9 Å². The number of ether oxygens (including phenoxy) is 1. The summed E-state index contributed by atoms with van der Waals surface area (Å²) in [6, 6.07) is 17.6. The number of methoxy groups -OCH3 is 1. The number of amides is 2. The summed E-state index contributed by atoms with van der Waals surface area (Å²) in [4.78, 5) is 30.4. The highest BCUT2D eigenvalue weighted by molar-refractivity contribution is 6.34. The van der Waals surface area contributed by atoms with Crippen molar-refractivity contribution in [1.29, 1.82) is 0 Å². The lowest BCUT2D eigenvalue weighted by molar-refractivity contribution is 0.0566. The Morgan fingerprint density at radius 1 is 0.927 bits per heavy atom. The molecule has 1 N–H and O–H groups in total. The minimum absolute atomic E-state index is 0.0559. The van der Waals surface area contributed by atoms with Crippen LogP contribution < -0.4 is 10.1 Å². The van der Waals surface area contributed by atoms with Crippen molar-refractivity contribution in [3.8, 4) is 5.75 Å². The Balaban J connectivity index is 1.11. The highest BCUT2D eigenvalue weighted by Gasteiger charge is 2.31. The number of alkyl halides is 1. The van der Waals surface area contributed by atoms with Gasteiger partial charge in [0.25, 0.3) is 11.8 Å². The highest BCUT2D eigenvalue weighted by Crippen LogP contribution is 2.29. The first-order valence-corrected chi connectivity index (χ1v) is 14.4. The molecule has 0 bridgehead atoms. The molecule has 1 unspecified atom stereocenters. The van der Waals surface area contributed by atoms with E-state index < -0.39 is 12.0 Å². The van der Waals surface area contributed by atoms with E-state index in [0.717, 1.165) is 38.8 Å². The monoisotopic (exact) mass is 581 g/mol. The van der Waals surface area contributed by atoms with Crippen molar-refractivity contribution >= 4 is 23.4 Å². The lowest BCUT2D eigenvalue weighted by Gasteiger charge is -2.42. The number of carbonyl (C=O) groups excluding carboxylic acids is 2. The van der Waals surface area contributed by atoms with Crippen LogP contribution in [0.15, 0.2) is 66.7 Å². The fourth-order valence-corrected chi connectivity index (χ4v) is 6.12. The summed E-state index contributed by atoms with van der Waals surface area (Å²) >= 11 is 6.26. The Labute approximate surface area is 244 Å². The van der Waals surface area contributed by atoms with Crippen LogP contribution in [0.2, 0.25) is 5.02 Å². The molecule has 3 aromatic rings. The van der Waals surface area contributed by atoms with Crippen LogP contribution >= 0.6 is 11.6 Å². The minimum Gasteiger partial charge on any atom is -0.496 e. The fraction of sp³-hybridized carbons (Fsp3) is 0.375. The fourth-order valence-electron chi connectivity index (χ4n) is 5.86. The molecule has 3 aromatic carbocycles. The number of piperidine rings is 2. The standard InChI is InChI=1S/C32H34ClF2N3O3/c1-41-28-10-4-9-27(33)29(28)31(39)36-25-11-15-37(16-12-25)26-13-17-38(18-14-26)32(40)23-7-2-5-21(19-23)30(35)22-6-3-8-24(34)20-22/h2-10,19-20,25-26,30H,11-18H2,1H3,(H,36,39). The zero-order valence-electron chi connectivity index (χ0n) is 23.0. The number of likely N-dealkylation sites (tertiary alicyclic amines) is 2. The Morgan fingerprint density at radius 2 is 1.59 bits per heavy atom. The Hall–Kier alpha value is -3.49. The third kappa shape index (κ3) is 6.71. The van der Waals surface area contributed by atoms with Crippen molar-refractivity contribution in [1.82, 2.24) is 15.1 Å². The summed E-state index contributed by atoms with van der Waals surface area (Å²) in [5.41, 5.74) is 1.35. The van der Waals surface area contributed by atoms with E-state index in [2.05, 4.69) is 10.2 Å². The van der Waals surface area contributed by atoms with Gasteiger partial charge < -0.3 is 19.9 Å². The maximum absolute atomic E-state index is 15.1. The van der Waals surface area contributed by atoms with Gasteiger partial charge in [0.15, 0.2) is 6.17 Å². The SMILES string of the molecule is COc1cccc(Cl)c1C(=O)NC1CCN(C2CCN(C(=O)c3cccc(C(F)c4cccc(F)c4)c3)CC2)CC1. The lowest BCUT2D eigenvalue weighted by atomic mass is 9.96. The van der Waals surface area contributed by atoms with Crippen LogP contribution in [0.3, 0.4) is 0 Å². The van der Waals surface area contributed by atoms with E-state index in [1.807, 2.05) is 4.90 Å². The van der Waals surface area contributed by atoms with E-state index in [1.165, 1.54) is 25.3 Å². The van der Waals surface area contributed by atoms with Gasteiger partial charge in [-0.3, -0.25) is 9.59 Å². The largest absolute Gasteiger partial charge is 0.496 e. The second kappa shape index (κ2) is 13.0. The molecule has 5 rings (SSSR count). The summed E-state index contributed by atoms with van der Waals surface area (Å²) in [7, 11) is 1.52. The number of carbonyl (C=O) groups is 2. The van der Waals surface area contributed by atoms with Crippen molar-refractivity contribution < 1.29 is 23.1 Å². The van der Waals surface area contributed by atoms with Gasteiger partial charge in [-0.15, -0.1) is 0 Å². The van der Waals surface area contributed by atoms with E-state index >= 15 is 4.39 Å². The molecule has 0 radical (unpaired) electrons. The summed E-state index contributed by atoms with van der Waals surface area (Å²) in [6.45, 7) is 2.98. The van der Waals surface area contributed by atoms with E-state index in [1.54, 1.807) is 48.5 Å². The van der Waals surface area contributed by atoms with Gasteiger partial charge in [-0.05, 0) is 73.2 Å². The average Bonchev–Trinajstić information content (AvgIpc) is 3.00. The molecule has 2 aliphatic heterocycles. The summed E-state index contributed by atoms with van der Waals surface area (Å²) < 4.78 is 34.0. The normalized spacial score (nSPS) is 17.7. The number of rotatable bonds is 7. The van der Waals surface area contributed by atoms with Gasteiger partial charge in [0.2, 0.25) is 0 Å². The zero-order chi connectivity index (χ0) is 28.9. The molecule has 0 aliphatic carbocycles. The molecule has 0 spiro atoms. The van der Waals surface area contributed by atoms with Crippen molar-refractivity contribution in [3.05, 3.63) is 99.8 Å². The quantitative estimate of drug-likeness (QED) is 0.369. The van der Waals surface area contributed by atoms with E-state index in [0.29, 0.717) is 46.6 Å². The average molecular weight is 582 g/mol. The number of benzene rings is 3. The molecule has 2 fully saturated rings. The van der Waals surface area contributed by atoms with E-state index in [-0.39, 0.29) is 23.4 Å². The first kappa shape index (κ1) is 29.0. The summed E-state index contributed by atoms with van der Waals surface area (Å²) in [5.74, 6) is -0.381. The molecular formula is C32H34ClF2N3O3. The number of nitrogens with one attached hydrogen (secondary N) is 1. The summed E-state index contributed by atoms with van der Waals surface area (Å²) in [5, 5.41) is 3.48. The number of nitrogens with zero attached hydrogens (tertiary/aromatic N) is 2. The predicted octanol–water partition coefficient (Wildman–Crippen LogP) is 6.05. The molecule has 2 amide bonds. The van der Waals surface area contributed by atoms with Gasteiger partial charge in [0.1, 0.15) is 11.6 Å². The minimum atomic E-state index is -1.51. The molecule has 216 valence electrons. The highest BCUT2D eigenvalue weighted by atomic mass is 35.5. The van der Waals surface area contributed by atoms with Crippen molar-refractivity contribution in [2.24, 2.45) is 0 Å². The van der Waals surface area contributed by atoms with Gasteiger partial charge in [0.05, 0.1) is 17.7 Å². The molecule has 0 saturated carbocycles. The van der Waals surface area contributed by atoms with E-state index in [9.17, 15) is 14.0 Å². The molecule has 1 atom stereocenters. The Kier molecular flexibility index (Phi) is 9.20. The van der Waals surface area contributed by atoms with Crippen LogP contribution in [0.25, 0.3) is 0 Å². The third-order valence-corrected chi connectivity index (χ3v) is 8.44. The van der Waals surface area contributed by atoms with Gasteiger partial charge in [-0.25, -0.2) is 8.78 Å². The molecule has 0 aromatic heterocycles. The summed E-state index contributed by atoms with van der Waals surface area (Å²) in [6.07, 6.45) is 1.87. The second-order valence-electron chi connectivity index (χ2n) is 10.7. The van der Waals surface area contributed by atoms with Crippen LogP contribution in [0.5, 0.6) is 5.75 Å². The van der Waals surface area contributed by atoms with Crippen LogP contribution in [-0.4, -0.2) is 67.0 Å². The van der Waals surface area contributed by atoms with Gasteiger partial charge in [-0.2, -0.15) is 0 Å². The molecular weight excluding hydrogens is 548 g/mol. The molecule has 6 nitrogen and oxygen atoms in total. The topological polar surface area (TPSA) is 61.9 Å². The van der Waals surface area contributed by atoms with Crippen LogP contribution in [0, 0.1) is 5.82 Å². The van der Waals surface area contributed by atoms with Crippen LogP contribution in [0.4, 0.5) is 8.78 Å². The third-order valence-electron chi connectivity index (χ3n) is 8.12. The van der Waals surface area contributed by atoms with Crippen LogP contribution in [0.1, 0.15) is 63.7 Å². The molecule has 41 heavy (non-hydrogen) atoms. The molecule has 2 saturated heterocycles. The first-order valence-electron chi connectivity index (χ1n) is 14.0. The Bertz CT molecular complexity index is 1390. The maximum atomic E-state index is 15.1. The number of hydrogen-bond acceptors (Lipinski definition) is 4. The Morgan fingerprint density at radius 3 is 2.27 bits per heavy atom. The second-order valence-corrected chi connectivity index (χ2v) is 11.1. The number of halogens is 3. The zero-order valence-corrected chi connectivity index (χ0v) is 23.7. The first-order chi connectivity index (χ1) is 19.8. The molecule has 9 heteroatoms. The van der Waals surface area contributed by atoms with E-state index in [4.69, 9.17) is 16.3 Å². The smallest absolute Gasteiger partial charge is 0.256 e. The molecule has 2 heterocycles. The lowest BCUT2D eigenvalue weighted by Crippen LogP contribution is -2.51. The maximum Gasteiger partial charge on any atom is 0.256 e. The van der Waals surface area contributed by atoms with Gasteiger partial charge in [-0.1, -0.05) is 41.9 Å².